The van der Waals surface area contributed by atoms with Gasteiger partial charge in [-0.05, 0) is 12.1 Å². The van der Waals surface area contributed by atoms with E-state index in [1.165, 1.54) is 16.7 Å². The number of rotatable bonds is 9. The predicted octanol–water partition coefficient (Wildman–Crippen LogP) is 14.9. The molecule has 0 radical (unpaired) electrons. The van der Waals surface area contributed by atoms with Crippen LogP contribution in [0.15, 0.2) is 206 Å². The third-order valence-corrected chi connectivity index (χ3v) is 14.1. The van der Waals surface area contributed by atoms with Crippen LogP contribution in [0.3, 0.4) is 0 Å². The molecule has 0 fully saturated rings. The van der Waals surface area contributed by atoms with Gasteiger partial charge in [-0.3, -0.25) is 0 Å². The molecule has 70 heavy (non-hydrogen) atoms. The second-order valence-electron chi connectivity index (χ2n) is 19.9. The first kappa shape index (κ1) is 45.0. The second-order valence-corrected chi connectivity index (χ2v) is 20.9. The number of hydrogen-bond donors (Lipinski definition) is 0. The Morgan fingerprint density at radius 2 is 1.14 bits per heavy atom. The van der Waals surface area contributed by atoms with Gasteiger partial charge in [0, 0.05) is 5.69 Å². The first-order valence-electron chi connectivity index (χ1n) is 23.8. The molecule has 3 heterocycles. The summed E-state index contributed by atoms with van der Waals surface area (Å²) in [6.45, 7) is 13.6. The Hall–Kier alpha value is -7.47. The van der Waals surface area contributed by atoms with E-state index in [0.717, 1.165) is 71.2 Å². The molecular weight excluding hydrogens is 1040 g/mol. The second kappa shape index (κ2) is 18.1. The molecule has 0 amide bonds. The van der Waals surface area contributed by atoms with Crippen molar-refractivity contribution in [1.29, 1.82) is 0 Å². The summed E-state index contributed by atoms with van der Waals surface area (Å²) in [6.07, 6.45) is 0. The minimum absolute atomic E-state index is 0.0446. The van der Waals surface area contributed by atoms with Crippen LogP contribution in [0.4, 0.5) is 22.9 Å². The zero-order chi connectivity index (χ0) is 48.1. The van der Waals surface area contributed by atoms with Gasteiger partial charge >= 0.3 is 341 Å². The van der Waals surface area contributed by atoms with Crippen LogP contribution in [0.25, 0.3) is 44.7 Å². The Bertz CT molecular complexity index is 3560. The molecule has 0 aliphatic carbocycles. The van der Waals surface area contributed by atoms with Gasteiger partial charge in [-0.15, -0.1) is 6.07 Å². The van der Waals surface area contributed by atoms with E-state index in [1.807, 2.05) is 42.5 Å². The molecule has 346 valence electrons. The standard InChI is InChI=1S/C62H52BN5O.Pt/c1-61(2,3)46-39-45(40-47(41-46)62(4,5)6)53-32-21-31-52(44-23-10-7-11-24-44)60(53)66-43-65(54-33-16-17-34-55(54)66)50-29-20-30-51(42-50)69-59-38-22-37-58(64-59)68-57-36-19-18-35-56(57)67(49-27-14-9-15-28-49)63(68)48-25-12-8-13-26-48;/h7-35,37-41H,1-6H3;/q-2;. The Labute approximate surface area is 422 Å². The van der Waals surface area contributed by atoms with E-state index in [2.05, 4.69) is 256 Å². The molecular formula is C62H52BN5OPt-2. The number of para-hydroxylation sites is 5. The molecule has 6 nitrogen and oxygen atoms in total. The fraction of sp³-hybridized carbons (Fsp3) is 0.129. The summed E-state index contributed by atoms with van der Waals surface area (Å²) in [5, 5.41) is 0. The number of benzene rings is 8. The summed E-state index contributed by atoms with van der Waals surface area (Å²) in [4.78, 5) is 9.82. The average molecular weight is 1090 g/mol. The van der Waals surface area contributed by atoms with Gasteiger partial charge in [-0.2, -0.15) is 12.1 Å². The Kier molecular flexibility index (Phi) is 11.7. The third-order valence-electron chi connectivity index (χ3n) is 13.1. The first-order chi connectivity index (χ1) is 33.9. The third kappa shape index (κ3) is 8.32. The van der Waals surface area contributed by atoms with Gasteiger partial charge in [0.2, 0.25) is 0 Å². The van der Waals surface area contributed by atoms with Crippen molar-refractivity contribution >= 4 is 46.4 Å². The van der Waals surface area contributed by atoms with Crippen LogP contribution in [0.1, 0.15) is 52.7 Å². The number of aromatic nitrogens is 3. The molecule has 1 aliphatic heterocycles. The van der Waals surface area contributed by atoms with Gasteiger partial charge in [-0.1, -0.05) is 48.5 Å². The molecule has 8 aromatic carbocycles. The van der Waals surface area contributed by atoms with Gasteiger partial charge < -0.3 is 0 Å². The van der Waals surface area contributed by atoms with Crippen LogP contribution in [0, 0.1) is 15.9 Å². The molecule has 0 saturated heterocycles. The maximum absolute atomic E-state index is 6.72. The van der Waals surface area contributed by atoms with Crippen molar-refractivity contribution in [2.24, 2.45) is 0 Å². The topological polar surface area (TPSA) is 38.5 Å². The van der Waals surface area contributed by atoms with Crippen molar-refractivity contribution in [3.8, 4) is 45.3 Å². The van der Waals surface area contributed by atoms with Crippen molar-refractivity contribution in [2.75, 3.05) is 9.62 Å². The van der Waals surface area contributed by atoms with E-state index in [9.17, 15) is 0 Å². The summed E-state index contributed by atoms with van der Waals surface area (Å²) >= 11 is 2.50. The quantitative estimate of drug-likeness (QED) is 0.107. The molecule has 0 bridgehead atoms. The van der Waals surface area contributed by atoms with Crippen LogP contribution in [0.5, 0.6) is 11.6 Å². The zero-order valence-electron chi connectivity index (χ0n) is 40.2. The van der Waals surface area contributed by atoms with E-state index >= 15 is 0 Å². The van der Waals surface area contributed by atoms with Crippen LogP contribution >= 0.6 is 0 Å². The summed E-state index contributed by atoms with van der Waals surface area (Å²) in [5.74, 6) is 1.76. The number of anilines is 4. The molecule has 0 spiro atoms. The van der Waals surface area contributed by atoms with E-state index < -0.39 is 0 Å². The van der Waals surface area contributed by atoms with Gasteiger partial charge in [0.15, 0.2) is 0 Å². The first-order valence-corrected chi connectivity index (χ1v) is 25.0. The number of imidazole rings is 1. The van der Waals surface area contributed by atoms with Crippen LogP contribution in [-0.2, 0) is 30.2 Å². The van der Waals surface area contributed by atoms with E-state index in [0.29, 0.717) is 11.6 Å². The van der Waals surface area contributed by atoms with E-state index in [1.54, 1.807) is 0 Å². The Morgan fingerprint density at radius 3 is 1.83 bits per heavy atom. The van der Waals surface area contributed by atoms with Crippen molar-refractivity contribution in [2.45, 2.75) is 52.4 Å². The number of ether oxygens (including phenoxy) is 1. The molecule has 11 rings (SSSR count). The van der Waals surface area contributed by atoms with Crippen molar-refractivity contribution in [3.63, 3.8) is 0 Å². The zero-order valence-corrected chi connectivity index (χ0v) is 42.4. The van der Waals surface area contributed by atoms with Gasteiger partial charge in [0.25, 0.3) is 0 Å². The molecule has 8 heteroatoms. The van der Waals surface area contributed by atoms with Crippen LogP contribution in [-0.4, -0.2) is 21.1 Å². The average Bonchev–Trinajstić information content (AvgIpc) is 3.88. The summed E-state index contributed by atoms with van der Waals surface area (Å²) in [5.41, 5.74) is 15.5. The summed E-state index contributed by atoms with van der Waals surface area (Å²) in [6, 6.07) is 79.8. The van der Waals surface area contributed by atoms with Crippen LogP contribution in [0.2, 0.25) is 0 Å². The molecule has 0 atom stereocenters. The number of nitrogens with zero attached hydrogens (tertiary/aromatic N) is 5. The SMILES string of the molecule is CC(C)(C)c1cc(-c2cccc(-c3ccccc3)c2-n2[c](=[Pt])n(-c3[c-]c(Oc4cccc(N5B(c6ccccc6)N(c6ccccc6)c6ccc[c-]c65)n4)ccc3)c3ccccc32)cc(C(C)(C)C)c1. The van der Waals surface area contributed by atoms with Crippen LogP contribution < -0.4 is 19.8 Å². The van der Waals surface area contributed by atoms with E-state index in [-0.39, 0.29) is 17.8 Å². The maximum atomic E-state index is 6.72. The minimum atomic E-state index is -0.221. The Morgan fingerprint density at radius 1 is 0.543 bits per heavy atom. The molecule has 1 aliphatic rings. The van der Waals surface area contributed by atoms with Crippen molar-refractivity contribution in [3.05, 3.63) is 233 Å². The fourth-order valence-electron chi connectivity index (χ4n) is 9.61. The van der Waals surface area contributed by atoms with Gasteiger partial charge in [-0.25, -0.2) is 0 Å². The molecule has 2 aromatic heterocycles. The molecule has 0 N–H and O–H groups in total. The van der Waals surface area contributed by atoms with Crippen molar-refractivity contribution in [1.82, 2.24) is 14.1 Å². The molecule has 0 saturated carbocycles. The Balaban J connectivity index is 1.03. The fourth-order valence-corrected chi connectivity index (χ4v) is 10.7. The number of fused-ring (bicyclic) bond motifs is 2. The number of pyridine rings is 1. The summed E-state index contributed by atoms with van der Waals surface area (Å²) < 4.78 is 12.4. The van der Waals surface area contributed by atoms with E-state index in [4.69, 9.17) is 9.72 Å². The monoisotopic (exact) mass is 1090 g/mol. The summed E-state index contributed by atoms with van der Waals surface area (Å²) in [7, 11) is 0. The number of hydrogen-bond acceptors (Lipinski definition) is 4. The van der Waals surface area contributed by atoms with Crippen molar-refractivity contribution < 1.29 is 24.1 Å². The normalized spacial score (nSPS) is 12.7. The molecule has 0 unspecified atom stereocenters. The van der Waals surface area contributed by atoms with Gasteiger partial charge in [0.05, 0.1) is 0 Å². The predicted molar refractivity (Wildman–Crippen MR) is 285 cm³/mol. The molecule has 10 aromatic rings. The van der Waals surface area contributed by atoms with Gasteiger partial charge in [0.1, 0.15) is 0 Å².